The number of fused-ring (bicyclic) bond motifs is 1. The second-order valence-corrected chi connectivity index (χ2v) is 7.70. The van der Waals surface area contributed by atoms with Gasteiger partial charge in [0.15, 0.2) is 0 Å². The fourth-order valence-electron chi connectivity index (χ4n) is 3.76. The molecule has 1 unspecified atom stereocenters. The molecule has 1 nitrogen and oxygen atoms in total. The predicted octanol–water partition coefficient (Wildman–Crippen LogP) is 5.07. The highest BCUT2D eigenvalue weighted by atomic mass is 14.7. The van der Waals surface area contributed by atoms with Crippen molar-refractivity contribution >= 4 is 10.8 Å². The molecule has 2 aromatic rings. The Kier molecular flexibility index (Phi) is 3.79. The van der Waals surface area contributed by atoms with E-state index in [1.165, 1.54) is 35.6 Å². The fraction of sp³-hybridized carbons (Fsp3) is 0.500. The van der Waals surface area contributed by atoms with Gasteiger partial charge in [0.1, 0.15) is 0 Å². The van der Waals surface area contributed by atoms with Crippen LogP contribution < -0.4 is 5.73 Å². The Hall–Kier alpha value is -1.34. The van der Waals surface area contributed by atoms with E-state index in [4.69, 9.17) is 5.73 Å². The monoisotopic (exact) mass is 281 g/mol. The Bertz CT molecular complexity index is 623. The standard InChI is InChI=1S/C20H27N/c1-19(2)11-6-12-20(21,14-13-19)15-17-9-5-8-16-7-3-4-10-18(16)17/h3-5,7-10H,6,11-15,21H2,1-2H3. The van der Waals surface area contributed by atoms with Crippen LogP contribution in [0.15, 0.2) is 42.5 Å². The zero-order chi connectivity index (χ0) is 14.9. The number of benzene rings is 2. The van der Waals surface area contributed by atoms with Gasteiger partial charge in [-0.3, -0.25) is 0 Å². The Morgan fingerprint density at radius 2 is 1.67 bits per heavy atom. The van der Waals surface area contributed by atoms with Crippen molar-refractivity contribution in [2.75, 3.05) is 0 Å². The van der Waals surface area contributed by atoms with Gasteiger partial charge in [-0.2, -0.15) is 0 Å². The lowest BCUT2D eigenvalue weighted by molar-refractivity contribution is 0.297. The van der Waals surface area contributed by atoms with Gasteiger partial charge in [0.25, 0.3) is 0 Å². The van der Waals surface area contributed by atoms with Crippen LogP contribution >= 0.6 is 0 Å². The summed E-state index contributed by atoms with van der Waals surface area (Å²) in [5, 5.41) is 2.70. The average molecular weight is 281 g/mol. The summed E-state index contributed by atoms with van der Waals surface area (Å²) in [6.07, 6.45) is 7.11. The maximum atomic E-state index is 6.80. The van der Waals surface area contributed by atoms with E-state index in [0.29, 0.717) is 5.41 Å². The third-order valence-corrected chi connectivity index (χ3v) is 5.25. The Balaban J connectivity index is 1.87. The maximum Gasteiger partial charge on any atom is 0.0195 e. The minimum atomic E-state index is -0.0299. The van der Waals surface area contributed by atoms with E-state index in [1.54, 1.807) is 0 Å². The van der Waals surface area contributed by atoms with Crippen molar-refractivity contribution in [1.82, 2.24) is 0 Å². The summed E-state index contributed by atoms with van der Waals surface area (Å²) in [5.74, 6) is 0. The van der Waals surface area contributed by atoms with Gasteiger partial charge in [-0.25, -0.2) is 0 Å². The van der Waals surface area contributed by atoms with Gasteiger partial charge >= 0.3 is 0 Å². The highest BCUT2D eigenvalue weighted by molar-refractivity contribution is 5.85. The molecule has 0 saturated heterocycles. The number of nitrogens with two attached hydrogens (primary N) is 1. The van der Waals surface area contributed by atoms with E-state index in [-0.39, 0.29) is 5.54 Å². The van der Waals surface area contributed by atoms with E-state index in [9.17, 15) is 0 Å². The molecule has 0 heterocycles. The van der Waals surface area contributed by atoms with Crippen molar-refractivity contribution in [2.45, 2.75) is 57.9 Å². The topological polar surface area (TPSA) is 26.0 Å². The molecule has 1 atom stereocenters. The van der Waals surface area contributed by atoms with Gasteiger partial charge in [-0.15, -0.1) is 0 Å². The van der Waals surface area contributed by atoms with E-state index in [1.807, 2.05) is 0 Å². The third kappa shape index (κ3) is 3.29. The van der Waals surface area contributed by atoms with Crippen LogP contribution in [0.25, 0.3) is 10.8 Å². The van der Waals surface area contributed by atoms with Crippen molar-refractivity contribution in [3.05, 3.63) is 48.0 Å². The molecule has 0 amide bonds. The molecule has 1 heteroatoms. The molecule has 112 valence electrons. The van der Waals surface area contributed by atoms with Crippen molar-refractivity contribution in [3.8, 4) is 0 Å². The minimum absolute atomic E-state index is 0.0299. The molecule has 2 aromatic carbocycles. The first-order valence-corrected chi connectivity index (χ1v) is 8.23. The molecular formula is C20H27N. The first-order chi connectivity index (χ1) is 9.98. The van der Waals surface area contributed by atoms with Crippen LogP contribution in [0, 0.1) is 5.41 Å². The van der Waals surface area contributed by atoms with Crippen LogP contribution in [0.3, 0.4) is 0 Å². The summed E-state index contributed by atoms with van der Waals surface area (Å²) in [5.41, 5.74) is 8.64. The molecule has 3 rings (SSSR count). The third-order valence-electron chi connectivity index (χ3n) is 5.25. The predicted molar refractivity (Wildman–Crippen MR) is 91.4 cm³/mol. The van der Waals surface area contributed by atoms with Gasteiger partial charge in [0.2, 0.25) is 0 Å². The molecule has 0 bridgehead atoms. The van der Waals surface area contributed by atoms with Gasteiger partial charge in [0, 0.05) is 5.54 Å². The highest BCUT2D eigenvalue weighted by Gasteiger charge is 2.32. The summed E-state index contributed by atoms with van der Waals surface area (Å²) in [4.78, 5) is 0. The molecule has 1 saturated carbocycles. The summed E-state index contributed by atoms with van der Waals surface area (Å²) in [6, 6.07) is 15.3. The average Bonchev–Trinajstić information content (AvgIpc) is 2.58. The highest BCUT2D eigenvalue weighted by Crippen LogP contribution is 2.38. The summed E-state index contributed by atoms with van der Waals surface area (Å²) in [7, 11) is 0. The fourth-order valence-corrected chi connectivity index (χ4v) is 3.76. The van der Waals surface area contributed by atoms with Crippen molar-refractivity contribution in [1.29, 1.82) is 0 Å². The first-order valence-electron chi connectivity index (χ1n) is 8.23. The molecule has 21 heavy (non-hydrogen) atoms. The van der Waals surface area contributed by atoms with E-state index >= 15 is 0 Å². The normalized spacial score (nSPS) is 25.7. The van der Waals surface area contributed by atoms with Crippen LogP contribution in [-0.4, -0.2) is 5.54 Å². The van der Waals surface area contributed by atoms with Crippen LogP contribution in [-0.2, 0) is 6.42 Å². The van der Waals surface area contributed by atoms with Crippen molar-refractivity contribution in [3.63, 3.8) is 0 Å². The van der Waals surface area contributed by atoms with Crippen LogP contribution in [0.5, 0.6) is 0 Å². The molecule has 1 aliphatic carbocycles. The molecule has 0 spiro atoms. The maximum absolute atomic E-state index is 6.80. The molecule has 1 aliphatic rings. The van der Waals surface area contributed by atoms with Gasteiger partial charge in [0.05, 0.1) is 0 Å². The number of hydrogen-bond acceptors (Lipinski definition) is 1. The minimum Gasteiger partial charge on any atom is -0.325 e. The van der Waals surface area contributed by atoms with E-state index in [2.05, 4.69) is 56.3 Å². The Morgan fingerprint density at radius 3 is 2.52 bits per heavy atom. The lowest BCUT2D eigenvalue weighted by atomic mass is 9.81. The van der Waals surface area contributed by atoms with Crippen LogP contribution in [0.4, 0.5) is 0 Å². The summed E-state index contributed by atoms with van der Waals surface area (Å²) in [6.45, 7) is 4.77. The molecule has 2 N–H and O–H groups in total. The van der Waals surface area contributed by atoms with Crippen LogP contribution in [0.2, 0.25) is 0 Å². The van der Waals surface area contributed by atoms with Crippen molar-refractivity contribution < 1.29 is 0 Å². The zero-order valence-electron chi connectivity index (χ0n) is 13.4. The molecule has 0 aliphatic heterocycles. The Morgan fingerprint density at radius 1 is 0.905 bits per heavy atom. The lowest BCUT2D eigenvalue weighted by Crippen LogP contribution is -2.41. The smallest absolute Gasteiger partial charge is 0.0195 e. The van der Waals surface area contributed by atoms with E-state index in [0.717, 1.165) is 19.3 Å². The van der Waals surface area contributed by atoms with Gasteiger partial charge in [-0.1, -0.05) is 62.7 Å². The van der Waals surface area contributed by atoms with Gasteiger partial charge < -0.3 is 5.73 Å². The van der Waals surface area contributed by atoms with Crippen LogP contribution in [0.1, 0.15) is 51.5 Å². The molecule has 1 fully saturated rings. The SMILES string of the molecule is CC1(C)CCCC(N)(Cc2cccc3ccccc23)CC1. The van der Waals surface area contributed by atoms with Gasteiger partial charge in [-0.05, 0) is 53.9 Å². The largest absolute Gasteiger partial charge is 0.325 e. The van der Waals surface area contributed by atoms with Crippen molar-refractivity contribution in [2.24, 2.45) is 11.1 Å². The van der Waals surface area contributed by atoms with E-state index < -0.39 is 0 Å². The number of hydrogen-bond donors (Lipinski definition) is 1. The Labute approximate surface area is 128 Å². The molecule has 0 radical (unpaired) electrons. The first kappa shape index (κ1) is 14.6. The quantitative estimate of drug-likeness (QED) is 0.764. The number of rotatable bonds is 2. The lowest BCUT2D eigenvalue weighted by Gasteiger charge is -2.30. The molecular weight excluding hydrogens is 254 g/mol. The molecule has 0 aromatic heterocycles. The zero-order valence-corrected chi connectivity index (χ0v) is 13.4. The second kappa shape index (κ2) is 5.46. The summed E-state index contributed by atoms with van der Waals surface area (Å²) < 4.78 is 0. The summed E-state index contributed by atoms with van der Waals surface area (Å²) >= 11 is 0. The second-order valence-electron chi connectivity index (χ2n) is 7.70.